The second kappa shape index (κ2) is 4.82. The van der Waals surface area contributed by atoms with Crippen molar-refractivity contribution in [2.24, 2.45) is 0 Å². The summed E-state index contributed by atoms with van der Waals surface area (Å²) in [5, 5.41) is 0.978. The lowest BCUT2D eigenvalue weighted by Crippen LogP contribution is -2.22. The Labute approximate surface area is 110 Å². The van der Waals surface area contributed by atoms with E-state index >= 15 is 0 Å². The van der Waals surface area contributed by atoms with E-state index in [1.54, 1.807) is 11.3 Å². The average molecular weight is 263 g/mol. The van der Waals surface area contributed by atoms with Crippen LogP contribution in [0.2, 0.25) is 0 Å². The molecule has 4 nitrogen and oxygen atoms in total. The molecule has 1 aliphatic heterocycles. The maximum absolute atomic E-state index is 5.99. The van der Waals surface area contributed by atoms with Crippen molar-refractivity contribution in [2.45, 2.75) is 38.7 Å². The van der Waals surface area contributed by atoms with Crippen LogP contribution in [0.1, 0.15) is 30.0 Å². The van der Waals surface area contributed by atoms with Crippen molar-refractivity contribution in [3.63, 3.8) is 0 Å². The van der Waals surface area contributed by atoms with E-state index in [2.05, 4.69) is 23.0 Å². The van der Waals surface area contributed by atoms with Gasteiger partial charge in [0, 0.05) is 17.9 Å². The molecule has 96 valence electrons. The summed E-state index contributed by atoms with van der Waals surface area (Å²) < 4.78 is 5.72. The zero-order chi connectivity index (χ0) is 12.5. The zero-order valence-corrected chi connectivity index (χ0v) is 11.3. The number of aryl methyl sites for hydroxylation is 1. The van der Waals surface area contributed by atoms with Gasteiger partial charge in [0.15, 0.2) is 0 Å². The monoisotopic (exact) mass is 263 g/mol. The number of aromatic nitrogens is 2. The van der Waals surface area contributed by atoms with E-state index in [9.17, 15) is 0 Å². The van der Waals surface area contributed by atoms with Gasteiger partial charge in [-0.05, 0) is 32.3 Å². The van der Waals surface area contributed by atoms with E-state index in [1.165, 1.54) is 17.7 Å². The molecule has 1 saturated heterocycles. The summed E-state index contributed by atoms with van der Waals surface area (Å²) in [6.45, 7) is 2.93. The number of hydrogen-bond donors (Lipinski definition) is 1. The first kappa shape index (κ1) is 11.9. The molecule has 0 aliphatic carbocycles. The van der Waals surface area contributed by atoms with Crippen LogP contribution in [0.15, 0.2) is 6.07 Å². The third-order valence-corrected chi connectivity index (χ3v) is 4.22. The molecule has 0 spiro atoms. The molecular formula is C13H17N3OS. The topological polar surface area (TPSA) is 61.0 Å². The summed E-state index contributed by atoms with van der Waals surface area (Å²) in [5.74, 6) is 1.41. The van der Waals surface area contributed by atoms with E-state index in [0.29, 0.717) is 5.82 Å². The highest BCUT2D eigenvalue weighted by Crippen LogP contribution is 2.27. The molecule has 0 amide bonds. The second-order valence-corrected chi connectivity index (χ2v) is 6.03. The third-order valence-electron chi connectivity index (χ3n) is 3.28. The minimum atomic E-state index is 0.261. The Morgan fingerprint density at radius 1 is 1.44 bits per heavy atom. The highest BCUT2D eigenvalue weighted by molar-refractivity contribution is 7.18. The number of anilines is 1. The maximum Gasteiger partial charge on any atom is 0.135 e. The van der Waals surface area contributed by atoms with Crippen LogP contribution < -0.4 is 5.73 Å². The van der Waals surface area contributed by atoms with Gasteiger partial charge in [0.1, 0.15) is 16.5 Å². The largest absolute Gasteiger partial charge is 0.383 e. The van der Waals surface area contributed by atoms with Gasteiger partial charge < -0.3 is 10.5 Å². The Balaban J connectivity index is 1.87. The zero-order valence-electron chi connectivity index (χ0n) is 10.5. The van der Waals surface area contributed by atoms with Gasteiger partial charge in [-0.25, -0.2) is 9.97 Å². The smallest absolute Gasteiger partial charge is 0.135 e. The van der Waals surface area contributed by atoms with Crippen LogP contribution in [0.5, 0.6) is 0 Å². The lowest BCUT2D eigenvalue weighted by Gasteiger charge is -2.21. The lowest BCUT2D eigenvalue weighted by atomic mass is 10.1. The number of hydrogen-bond acceptors (Lipinski definition) is 5. The molecule has 18 heavy (non-hydrogen) atoms. The number of thiophene rings is 1. The van der Waals surface area contributed by atoms with Gasteiger partial charge in [-0.3, -0.25) is 0 Å². The predicted molar refractivity (Wildman–Crippen MR) is 73.9 cm³/mol. The van der Waals surface area contributed by atoms with Crippen LogP contribution in [-0.2, 0) is 11.2 Å². The van der Waals surface area contributed by atoms with Gasteiger partial charge in [-0.1, -0.05) is 0 Å². The molecule has 5 heteroatoms. The van der Waals surface area contributed by atoms with E-state index in [4.69, 9.17) is 10.5 Å². The van der Waals surface area contributed by atoms with Crippen LogP contribution >= 0.6 is 11.3 Å². The molecule has 1 aliphatic rings. The van der Waals surface area contributed by atoms with E-state index in [1.807, 2.05) is 0 Å². The highest BCUT2D eigenvalue weighted by atomic mass is 32.1. The number of rotatable bonds is 2. The number of nitrogens with two attached hydrogens (primary N) is 1. The van der Waals surface area contributed by atoms with Crippen molar-refractivity contribution in [3.8, 4) is 0 Å². The molecule has 0 saturated carbocycles. The van der Waals surface area contributed by atoms with E-state index < -0.39 is 0 Å². The molecule has 1 atom stereocenters. The lowest BCUT2D eigenvalue weighted by molar-refractivity contribution is 0.0157. The Morgan fingerprint density at radius 2 is 2.33 bits per heavy atom. The van der Waals surface area contributed by atoms with Crippen LogP contribution in [-0.4, -0.2) is 22.7 Å². The second-order valence-electron chi connectivity index (χ2n) is 4.79. The van der Waals surface area contributed by atoms with Crippen LogP contribution in [0.25, 0.3) is 10.2 Å². The average Bonchev–Trinajstić information content (AvgIpc) is 2.72. The summed E-state index contributed by atoms with van der Waals surface area (Å²) in [6.07, 6.45) is 4.54. The van der Waals surface area contributed by atoms with E-state index in [-0.39, 0.29) is 6.10 Å². The normalized spacial score (nSPS) is 20.4. The first-order valence-electron chi connectivity index (χ1n) is 6.36. The summed E-state index contributed by atoms with van der Waals surface area (Å²) in [5.41, 5.74) is 5.99. The van der Waals surface area contributed by atoms with E-state index in [0.717, 1.165) is 35.5 Å². The first-order chi connectivity index (χ1) is 8.72. The van der Waals surface area contributed by atoms with Gasteiger partial charge in [0.2, 0.25) is 0 Å². The molecule has 3 heterocycles. The summed E-state index contributed by atoms with van der Waals surface area (Å²) >= 11 is 1.67. The molecule has 2 aromatic rings. The summed E-state index contributed by atoms with van der Waals surface area (Å²) in [4.78, 5) is 11.2. The fourth-order valence-electron chi connectivity index (χ4n) is 2.37. The molecule has 0 aromatic carbocycles. The fourth-order valence-corrected chi connectivity index (χ4v) is 3.28. The van der Waals surface area contributed by atoms with Crippen LogP contribution in [0.4, 0.5) is 5.82 Å². The molecule has 2 aromatic heterocycles. The van der Waals surface area contributed by atoms with Gasteiger partial charge in [0.25, 0.3) is 0 Å². The third kappa shape index (κ3) is 2.33. The molecule has 1 fully saturated rings. The van der Waals surface area contributed by atoms with Gasteiger partial charge in [-0.15, -0.1) is 11.3 Å². The quantitative estimate of drug-likeness (QED) is 0.905. The van der Waals surface area contributed by atoms with Crippen molar-refractivity contribution in [1.82, 2.24) is 9.97 Å². The Hall–Kier alpha value is -1.20. The van der Waals surface area contributed by atoms with Crippen molar-refractivity contribution >= 4 is 27.4 Å². The van der Waals surface area contributed by atoms with Crippen molar-refractivity contribution in [1.29, 1.82) is 0 Å². The minimum Gasteiger partial charge on any atom is -0.383 e. The minimum absolute atomic E-state index is 0.261. The molecular weight excluding hydrogens is 246 g/mol. The molecule has 0 radical (unpaired) electrons. The maximum atomic E-state index is 5.99. The highest BCUT2D eigenvalue weighted by Gasteiger charge is 2.17. The summed E-state index contributed by atoms with van der Waals surface area (Å²) in [6, 6.07) is 2.05. The van der Waals surface area contributed by atoms with Gasteiger partial charge in [0.05, 0.1) is 11.5 Å². The molecule has 3 rings (SSSR count). The molecule has 2 N–H and O–H groups in total. The Kier molecular flexibility index (Phi) is 3.18. The Bertz CT molecular complexity index is 561. The predicted octanol–water partition coefficient (Wildman–Crippen LogP) is 2.69. The number of nitrogen functional groups attached to an aromatic ring is 1. The van der Waals surface area contributed by atoms with Crippen LogP contribution in [0.3, 0.4) is 0 Å². The molecule has 1 unspecified atom stereocenters. The Morgan fingerprint density at radius 3 is 3.11 bits per heavy atom. The standard InChI is InChI=1S/C13H17N3OS/c1-8-6-10-12(14)15-11(16-13(10)18-8)7-9-4-2-3-5-17-9/h6,9H,2-5,7H2,1H3,(H2,14,15,16). The number of ether oxygens (including phenoxy) is 1. The van der Waals surface area contributed by atoms with Gasteiger partial charge in [-0.2, -0.15) is 0 Å². The van der Waals surface area contributed by atoms with Crippen molar-refractivity contribution in [2.75, 3.05) is 12.3 Å². The number of fused-ring (bicyclic) bond motifs is 1. The first-order valence-corrected chi connectivity index (χ1v) is 7.18. The molecule has 0 bridgehead atoms. The fraction of sp³-hybridized carbons (Fsp3) is 0.538. The van der Waals surface area contributed by atoms with Crippen molar-refractivity contribution in [3.05, 3.63) is 16.8 Å². The van der Waals surface area contributed by atoms with Gasteiger partial charge >= 0.3 is 0 Å². The summed E-state index contributed by atoms with van der Waals surface area (Å²) in [7, 11) is 0. The SMILES string of the molecule is Cc1cc2c(N)nc(CC3CCCCO3)nc2s1. The van der Waals surface area contributed by atoms with Crippen LogP contribution in [0, 0.1) is 6.92 Å². The number of nitrogens with zero attached hydrogens (tertiary/aromatic N) is 2. The van der Waals surface area contributed by atoms with Crippen molar-refractivity contribution < 1.29 is 4.74 Å².